The monoisotopic (exact) mass is 330 g/mol. The topological polar surface area (TPSA) is 63.3 Å². The molecule has 1 aromatic heterocycles. The fourth-order valence-corrected chi connectivity index (χ4v) is 2.55. The van der Waals surface area contributed by atoms with E-state index in [1.54, 1.807) is 6.20 Å². The number of anilines is 1. The third-order valence-electron chi connectivity index (χ3n) is 3.29. The van der Waals surface area contributed by atoms with Crippen molar-refractivity contribution >= 4 is 27.7 Å². The van der Waals surface area contributed by atoms with Gasteiger partial charge in [0.1, 0.15) is 5.82 Å². The molecule has 3 rings (SSSR count). The van der Waals surface area contributed by atoms with Crippen molar-refractivity contribution in [3.63, 3.8) is 0 Å². The van der Waals surface area contributed by atoms with E-state index in [9.17, 15) is 0 Å². The molecule has 0 amide bonds. The Morgan fingerprint density at radius 2 is 2.05 bits per heavy atom. The summed E-state index contributed by atoms with van der Waals surface area (Å²) in [6, 6.07) is 14.5. The maximum Gasteiger partial charge on any atom is 0.194 e. The number of aliphatic imine (C=N–C) groups is 1. The van der Waals surface area contributed by atoms with Gasteiger partial charge in [-0.25, -0.2) is 9.98 Å². The lowest BCUT2D eigenvalue weighted by Crippen LogP contribution is -2.24. The summed E-state index contributed by atoms with van der Waals surface area (Å²) in [5.41, 5.74) is 7.26. The predicted octanol–water partition coefficient (Wildman–Crippen LogP) is 3.13. The lowest BCUT2D eigenvalue weighted by molar-refractivity contribution is 0.984. The third-order valence-corrected chi connectivity index (χ3v) is 3.93. The van der Waals surface area contributed by atoms with Gasteiger partial charge in [-0.05, 0) is 40.0 Å². The van der Waals surface area contributed by atoms with E-state index in [4.69, 9.17) is 5.73 Å². The Bertz CT molecular complexity index is 627. The average molecular weight is 331 g/mol. The van der Waals surface area contributed by atoms with E-state index in [0.717, 1.165) is 10.9 Å². The molecule has 3 N–H and O–H groups in total. The van der Waals surface area contributed by atoms with Gasteiger partial charge in [-0.1, -0.05) is 30.3 Å². The first-order chi connectivity index (χ1) is 9.74. The van der Waals surface area contributed by atoms with Crippen LogP contribution in [0.5, 0.6) is 0 Å². The standard InChI is InChI=1S/C15H15BrN4/c16-12-7-4-8-18-14(12)20-15(17)19-13-9-11(13)10-5-2-1-3-6-10/h1-8,11,13H,9H2,(H3,17,18,19,20). The molecule has 0 spiro atoms. The molecular weight excluding hydrogens is 316 g/mol. The van der Waals surface area contributed by atoms with Crippen LogP contribution in [0.2, 0.25) is 0 Å². The van der Waals surface area contributed by atoms with E-state index < -0.39 is 0 Å². The van der Waals surface area contributed by atoms with E-state index in [1.165, 1.54) is 5.56 Å². The van der Waals surface area contributed by atoms with E-state index >= 15 is 0 Å². The zero-order valence-corrected chi connectivity index (χ0v) is 12.4. The number of benzene rings is 1. The van der Waals surface area contributed by atoms with Crippen molar-refractivity contribution in [2.45, 2.75) is 18.4 Å². The molecule has 1 aromatic carbocycles. The number of guanidine groups is 1. The van der Waals surface area contributed by atoms with Gasteiger partial charge in [0.05, 0.1) is 10.5 Å². The van der Waals surface area contributed by atoms with Crippen LogP contribution in [0.3, 0.4) is 0 Å². The summed E-state index contributed by atoms with van der Waals surface area (Å²) in [4.78, 5) is 8.71. The Labute approximate surface area is 126 Å². The van der Waals surface area contributed by atoms with Crippen LogP contribution in [0.4, 0.5) is 5.82 Å². The highest BCUT2D eigenvalue weighted by Crippen LogP contribution is 2.43. The fourth-order valence-electron chi connectivity index (χ4n) is 2.19. The minimum atomic E-state index is 0.271. The molecule has 1 heterocycles. The van der Waals surface area contributed by atoms with Crippen molar-refractivity contribution in [2.24, 2.45) is 10.7 Å². The van der Waals surface area contributed by atoms with Crippen molar-refractivity contribution in [3.8, 4) is 0 Å². The van der Waals surface area contributed by atoms with Gasteiger partial charge in [-0.15, -0.1) is 0 Å². The molecule has 1 aliphatic rings. The zero-order chi connectivity index (χ0) is 13.9. The second-order valence-electron chi connectivity index (χ2n) is 4.79. The average Bonchev–Trinajstić information content (AvgIpc) is 3.21. The van der Waals surface area contributed by atoms with Crippen LogP contribution in [0.25, 0.3) is 0 Å². The summed E-state index contributed by atoms with van der Waals surface area (Å²) in [5, 5.41) is 3.02. The number of halogens is 1. The number of rotatable bonds is 3. The van der Waals surface area contributed by atoms with Crippen molar-refractivity contribution in [3.05, 3.63) is 58.7 Å². The number of hydrogen-bond donors (Lipinski definition) is 2. The van der Waals surface area contributed by atoms with Crippen LogP contribution in [0.15, 0.2) is 58.1 Å². The van der Waals surface area contributed by atoms with Gasteiger partial charge in [0.15, 0.2) is 5.96 Å². The third kappa shape index (κ3) is 2.99. The van der Waals surface area contributed by atoms with Gasteiger partial charge in [-0.3, -0.25) is 0 Å². The highest BCUT2D eigenvalue weighted by atomic mass is 79.9. The summed E-state index contributed by atoms with van der Waals surface area (Å²) >= 11 is 3.42. The maximum absolute atomic E-state index is 5.93. The van der Waals surface area contributed by atoms with Gasteiger partial charge < -0.3 is 11.1 Å². The largest absolute Gasteiger partial charge is 0.370 e. The number of hydrogen-bond acceptors (Lipinski definition) is 2. The van der Waals surface area contributed by atoms with Crippen LogP contribution < -0.4 is 11.1 Å². The van der Waals surface area contributed by atoms with E-state index in [0.29, 0.717) is 17.7 Å². The highest BCUT2D eigenvalue weighted by Gasteiger charge is 2.38. The van der Waals surface area contributed by atoms with Crippen molar-refractivity contribution in [2.75, 3.05) is 5.32 Å². The first-order valence-electron chi connectivity index (χ1n) is 6.50. The van der Waals surface area contributed by atoms with Crippen LogP contribution >= 0.6 is 15.9 Å². The molecule has 20 heavy (non-hydrogen) atoms. The summed E-state index contributed by atoms with van der Waals surface area (Å²) in [5.74, 6) is 1.59. The molecule has 1 aliphatic carbocycles. The molecule has 0 aliphatic heterocycles. The number of nitrogens with two attached hydrogens (primary N) is 1. The predicted molar refractivity (Wildman–Crippen MR) is 84.8 cm³/mol. The second-order valence-corrected chi connectivity index (χ2v) is 5.65. The Kier molecular flexibility index (Phi) is 3.69. The highest BCUT2D eigenvalue weighted by molar-refractivity contribution is 9.10. The maximum atomic E-state index is 5.93. The summed E-state index contributed by atoms with van der Waals surface area (Å²) in [6.45, 7) is 0. The first kappa shape index (κ1) is 13.1. The van der Waals surface area contributed by atoms with Crippen molar-refractivity contribution in [1.82, 2.24) is 4.98 Å². The fraction of sp³-hybridized carbons (Fsp3) is 0.200. The molecule has 4 nitrogen and oxygen atoms in total. The lowest BCUT2D eigenvalue weighted by Gasteiger charge is -2.06. The van der Waals surface area contributed by atoms with Gasteiger partial charge in [0.2, 0.25) is 0 Å². The van der Waals surface area contributed by atoms with Crippen LogP contribution in [0, 0.1) is 0 Å². The zero-order valence-electron chi connectivity index (χ0n) is 10.8. The summed E-state index contributed by atoms with van der Waals surface area (Å²) in [7, 11) is 0. The SMILES string of the molecule is NC(=NC1CC1c1ccccc1)Nc1ncccc1Br. The van der Waals surface area contributed by atoms with Crippen LogP contribution in [-0.2, 0) is 0 Å². The minimum absolute atomic E-state index is 0.271. The molecule has 102 valence electrons. The second kappa shape index (κ2) is 5.63. The Balaban J connectivity index is 1.65. The number of pyridine rings is 1. The molecular formula is C15H15BrN4. The molecule has 2 aromatic rings. The molecule has 0 radical (unpaired) electrons. The number of nitrogens with one attached hydrogen (secondary N) is 1. The smallest absolute Gasteiger partial charge is 0.194 e. The molecule has 0 saturated heterocycles. The normalized spacial score (nSPS) is 21.6. The van der Waals surface area contributed by atoms with Crippen LogP contribution in [-0.4, -0.2) is 17.0 Å². The first-order valence-corrected chi connectivity index (χ1v) is 7.29. The molecule has 5 heteroatoms. The number of aromatic nitrogens is 1. The summed E-state index contributed by atoms with van der Waals surface area (Å²) in [6.07, 6.45) is 2.76. The minimum Gasteiger partial charge on any atom is -0.370 e. The van der Waals surface area contributed by atoms with Crippen LogP contribution in [0.1, 0.15) is 17.9 Å². The molecule has 2 unspecified atom stereocenters. The molecule has 1 saturated carbocycles. The Hall–Kier alpha value is -1.88. The Morgan fingerprint density at radius 1 is 1.25 bits per heavy atom. The van der Waals surface area contributed by atoms with Gasteiger partial charge in [0, 0.05) is 12.1 Å². The molecule has 0 bridgehead atoms. The summed E-state index contributed by atoms with van der Waals surface area (Å²) < 4.78 is 0.869. The van der Waals surface area contributed by atoms with E-state index in [2.05, 4.69) is 55.5 Å². The molecule has 1 fully saturated rings. The van der Waals surface area contributed by atoms with Gasteiger partial charge in [-0.2, -0.15) is 0 Å². The molecule has 2 atom stereocenters. The van der Waals surface area contributed by atoms with Crippen molar-refractivity contribution < 1.29 is 0 Å². The van der Waals surface area contributed by atoms with E-state index in [1.807, 2.05) is 18.2 Å². The number of nitrogens with zero attached hydrogens (tertiary/aromatic N) is 2. The van der Waals surface area contributed by atoms with E-state index in [-0.39, 0.29) is 6.04 Å². The van der Waals surface area contributed by atoms with Gasteiger partial charge in [0.25, 0.3) is 0 Å². The lowest BCUT2D eigenvalue weighted by atomic mass is 10.1. The quantitative estimate of drug-likeness (QED) is 0.671. The van der Waals surface area contributed by atoms with Gasteiger partial charge >= 0.3 is 0 Å². The van der Waals surface area contributed by atoms with Crippen molar-refractivity contribution in [1.29, 1.82) is 0 Å². The Morgan fingerprint density at radius 3 is 2.80 bits per heavy atom.